The van der Waals surface area contributed by atoms with Crippen molar-refractivity contribution >= 4 is 38.7 Å². The number of carboxylic acid groups (broad SMARTS) is 1. The van der Waals surface area contributed by atoms with Gasteiger partial charge < -0.3 is 15.0 Å². The van der Waals surface area contributed by atoms with Gasteiger partial charge in [0.1, 0.15) is 5.69 Å². The van der Waals surface area contributed by atoms with Gasteiger partial charge in [0.05, 0.1) is 5.92 Å². The number of halogens is 1. The van der Waals surface area contributed by atoms with E-state index < -0.39 is 11.9 Å². The van der Waals surface area contributed by atoms with Gasteiger partial charge in [-0.3, -0.25) is 9.59 Å². The van der Waals surface area contributed by atoms with Gasteiger partial charge in [-0.25, -0.2) is 0 Å². The van der Waals surface area contributed by atoms with E-state index in [0.717, 1.165) is 21.8 Å². The maximum absolute atomic E-state index is 12.7. The van der Waals surface area contributed by atoms with Crippen molar-refractivity contribution in [1.82, 2.24) is 9.88 Å². The topological polar surface area (TPSA) is 73.4 Å². The minimum absolute atomic E-state index is 0.134. The lowest BCUT2D eigenvalue weighted by Crippen LogP contribution is -2.49. The molecular weight excluding hydrogens is 348 g/mol. The van der Waals surface area contributed by atoms with Crippen LogP contribution in [0, 0.1) is 5.92 Å². The average Bonchev–Trinajstić information content (AvgIpc) is 2.89. The molecule has 1 fully saturated rings. The number of H-pyrrole nitrogens is 1. The highest BCUT2D eigenvalue weighted by Gasteiger charge is 2.36. The summed E-state index contributed by atoms with van der Waals surface area (Å²) in [6.07, 6.45) is 1.35. The predicted octanol–water partition coefficient (Wildman–Crippen LogP) is 3.26. The first-order chi connectivity index (χ1) is 10.5. The molecule has 22 heavy (non-hydrogen) atoms. The molecule has 1 amide bonds. The van der Waals surface area contributed by atoms with E-state index in [1.54, 1.807) is 4.90 Å². The molecule has 1 aliphatic heterocycles. The zero-order valence-electron chi connectivity index (χ0n) is 12.2. The fraction of sp³-hybridized carbons (Fsp3) is 0.375. The molecule has 116 valence electrons. The van der Waals surface area contributed by atoms with Crippen molar-refractivity contribution < 1.29 is 14.7 Å². The number of benzene rings is 1. The molecule has 2 aromatic rings. The number of carboxylic acids is 1. The standard InChI is InChI=1S/C16H17BrN2O3/c1-9-12(16(21)22)3-2-6-19(9)15(20)14-7-10-4-5-11(17)8-13(10)18-14/h4-5,7-9,12,18H,2-3,6H2,1H3,(H,21,22)/t9-,12-/m1/s1. The van der Waals surface area contributed by atoms with Crippen LogP contribution >= 0.6 is 15.9 Å². The Morgan fingerprint density at radius 1 is 1.36 bits per heavy atom. The summed E-state index contributed by atoms with van der Waals surface area (Å²) >= 11 is 3.41. The van der Waals surface area contributed by atoms with Crippen LogP contribution < -0.4 is 0 Å². The third kappa shape index (κ3) is 2.63. The van der Waals surface area contributed by atoms with Gasteiger partial charge in [0.25, 0.3) is 5.91 Å². The summed E-state index contributed by atoms with van der Waals surface area (Å²) in [5.74, 6) is -1.45. The number of hydrogen-bond donors (Lipinski definition) is 2. The molecular formula is C16H17BrN2O3. The number of aliphatic carboxylic acids is 1. The summed E-state index contributed by atoms with van der Waals surface area (Å²) in [6.45, 7) is 2.41. The summed E-state index contributed by atoms with van der Waals surface area (Å²) in [4.78, 5) is 28.8. The maximum atomic E-state index is 12.7. The molecule has 1 aromatic carbocycles. The molecule has 0 saturated carbocycles. The van der Waals surface area contributed by atoms with E-state index in [-0.39, 0.29) is 11.9 Å². The lowest BCUT2D eigenvalue weighted by atomic mass is 9.90. The van der Waals surface area contributed by atoms with Crippen LogP contribution in [0.5, 0.6) is 0 Å². The quantitative estimate of drug-likeness (QED) is 0.858. The van der Waals surface area contributed by atoms with Crippen molar-refractivity contribution in [2.24, 2.45) is 5.92 Å². The van der Waals surface area contributed by atoms with E-state index in [1.807, 2.05) is 31.2 Å². The maximum Gasteiger partial charge on any atom is 0.308 e. The van der Waals surface area contributed by atoms with Crippen LogP contribution in [0.2, 0.25) is 0 Å². The largest absolute Gasteiger partial charge is 0.481 e. The number of piperidine rings is 1. The molecule has 2 N–H and O–H groups in total. The molecule has 5 nitrogen and oxygen atoms in total. The van der Waals surface area contributed by atoms with Gasteiger partial charge in [0.15, 0.2) is 0 Å². The number of likely N-dealkylation sites (tertiary alicyclic amines) is 1. The summed E-state index contributed by atoms with van der Waals surface area (Å²) in [6, 6.07) is 7.31. The van der Waals surface area contributed by atoms with Gasteiger partial charge in [-0.05, 0) is 38.0 Å². The Balaban J connectivity index is 1.89. The van der Waals surface area contributed by atoms with Crippen LogP contribution in [0.1, 0.15) is 30.3 Å². The molecule has 0 radical (unpaired) electrons. The van der Waals surface area contributed by atoms with Crippen LogP contribution in [-0.2, 0) is 4.79 Å². The predicted molar refractivity (Wildman–Crippen MR) is 86.9 cm³/mol. The van der Waals surface area contributed by atoms with E-state index >= 15 is 0 Å². The van der Waals surface area contributed by atoms with Gasteiger partial charge in [-0.15, -0.1) is 0 Å². The highest BCUT2D eigenvalue weighted by atomic mass is 79.9. The van der Waals surface area contributed by atoms with Gasteiger partial charge >= 0.3 is 5.97 Å². The number of aromatic amines is 1. The zero-order chi connectivity index (χ0) is 15.9. The van der Waals surface area contributed by atoms with Gasteiger partial charge in [-0.2, -0.15) is 0 Å². The number of nitrogens with zero attached hydrogens (tertiary/aromatic N) is 1. The number of amides is 1. The number of carbonyl (C=O) groups excluding carboxylic acids is 1. The van der Waals surface area contributed by atoms with Crippen molar-refractivity contribution in [1.29, 1.82) is 0 Å². The van der Waals surface area contributed by atoms with Gasteiger partial charge in [0, 0.05) is 28.0 Å². The Morgan fingerprint density at radius 3 is 2.86 bits per heavy atom. The van der Waals surface area contributed by atoms with Gasteiger partial charge in [0.2, 0.25) is 0 Å². The number of aromatic nitrogens is 1. The van der Waals surface area contributed by atoms with Crippen molar-refractivity contribution in [2.75, 3.05) is 6.54 Å². The molecule has 2 atom stereocenters. The summed E-state index contributed by atoms with van der Waals surface area (Å²) in [7, 11) is 0. The van der Waals surface area contributed by atoms with Crippen LogP contribution in [0.15, 0.2) is 28.7 Å². The van der Waals surface area contributed by atoms with E-state index in [2.05, 4.69) is 20.9 Å². The number of carbonyl (C=O) groups is 2. The number of hydrogen-bond acceptors (Lipinski definition) is 2. The van der Waals surface area contributed by atoms with Crippen LogP contribution in [0.3, 0.4) is 0 Å². The van der Waals surface area contributed by atoms with E-state index in [9.17, 15) is 14.7 Å². The zero-order valence-corrected chi connectivity index (χ0v) is 13.8. The Hall–Kier alpha value is -1.82. The number of rotatable bonds is 2. The smallest absolute Gasteiger partial charge is 0.308 e. The summed E-state index contributed by atoms with van der Waals surface area (Å²) in [5, 5.41) is 10.2. The lowest BCUT2D eigenvalue weighted by molar-refractivity contribution is -0.144. The molecule has 0 unspecified atom stereocenters. The fourth-order valence-electron chi connectivity index (χ4n) is 3.13. The Morgan fingerprint density at radius 2 is 2.14 bits per heavy atom. The van der Waals surface area contributed by atoms with Crippen molar-refractivity contribution in [3.05, 3.63) is 34.4 Å². The molecule has 2 heterocycles. The first kappa shape index (κ1) is 15.1. The molecule has 3 rings (SSSR count). The van der Waals surface area contributed by atoms with E-state index in [4.69, 9.17) is 0 Å². The van der Waals surface area contributed by atoms with E-state index in [1.165, 1.54) is 0 Å². The molecule has 1 aliphatic rings. The minimum Gasteiger partial charge on any atom is -0.481 e. The van der Waals surface area contributed by atoms with Crippen molar-refractivity contribution in [3.63, 3.8) is 0 Å². The molecule has 0 spiro atoms. The minimum atomic E-state index is -0.828. The molecule has 0 bridgehead atoms. The molecule has 6 heteroatoms. The first-order valence-electron chi connectivity index (χ1n) is 7.29. The Bertz CT molecular complexity index is 740. The Kier molecular flexibility index (Phi) is 3.95. The average molecular weight is 365 g/mol. The Labute approximate surface area is 136 Å². The van der Waals surface area contributed by atoms with Crippen molar-refractivity contribution in [3.8, 4) is 0 Å². The third-order valence-electron chi connectivity index (χ3n) is 4.38. The highest BCUT2D eigenvalue weighted by Crippen LogP contribution is 2.27. The molecule has 1 saturated heterocycles. The molecule has 0 aliphatic carbocycles. The third-order valence-corrected chi connectivity index (χ3v) is 4.87. The van der Waals surface area contributed by atoms with Crippen molar-refractivity contribution in [2.45, 2.75) is 25.8 Å². The second-order valence-electron chi connectivity index (χ2n) is 5.74. The fourth-order valence-corrected chi connectivity index (χ4v) is 3.49. The second kappa shape index (κ2) is 5.76. The molecule has 1 aromatic heterocycles. The SMILES string of the molecule is C[C@@H]1[C@H](C(=O)O)CCCN1C(=O)c1cc2ccc(Br)cc2[nH]1. The second-order valence-corrected chi connectivity index (χ2v) is 6.66. The van der Waals surface area contributed by atoms with Crippen LogP contribution in [0.25, 0.3) is 10.9 Å². The summed E-state index contributed by atoms with van der Waals surface area (Å²) < 4.78 is 0.943. The monoisotopic (exact) mass is 364 g/mol. The number of nitrogens with one attached hydrogen (secondary N) is 1. The normalized spacial score (nSPS) is 22.0. The highest BCUT2D eigenvalue weighted by molar-refractivity contribution is 9.10. The number of fused-ring (bicyclic) bond motifs is 1. The van der Waals surface area contributed by atoms with E-state index in [0.29, 0.717) is 18.7 Å². The summed E-state index contributed by atoms with van der Waals surface area (Å²) in [5.41, 5.74) is 1.39. The van der Waals surface area contributed by atoms with Crippen LogP contribution in [0.4, 0.5) is 0 Å². The van der Waals surface area contributed by atoms with Crippen LogP contribution in [-0.4, -0.2) is 39.5 Å². The lowest BCUT2D eigenvalue weighted by Gasteiger charge is -2.37. The first-order valence-corrected chi connectivity index (χ1v) is 8.08. The van der Waals surface area contributed by atoms with Gasteiger partial charge in [-0.1, -0.05) is 22.0 Å².